The maximum atomic E-state index is 12.5. The summed E-state index contributed by atoms with van der Waals surface area (Å²) in [6.45, 7) is 3.68. The minimum absolute atomic E-state index is 0. The van der Waals surface area contributed by atoms with Crippen LogP contribution in [0.3, 0.4) is 0 Å². The average Bonchev–Trinajstić information content (AvgIpc) is 3.01. The highest BCUT2D eigenvalue weighted by atomic mass is 127. The van der Waals surface area contributed by atoms with E-state index in [4.69, 9.17) is 0 Å². The highest BCUT2D eigenvalue weighted by Gasteiger charge is 2.33. The topological polar surface area (TPSA) is 49.3 Å². The molecule has 1 saturated carbocycles. The van der Waals surface area contributed by atoms with Crippen LogP contribution in [0.4, 0.5) is 13.2 Å². The number of aliphatic imine (C=N–C) groups is 1. The third-order valence-corrected chi connectivity index (χ3v) is 5.43. The van der Waals surface area contributed by atoms with Crippen molar-refractivity contribution in [1.29, 1.82) is 0 Å². The van der Waals surface area contributed by atoms with E-state index in [-0.39, 0.29) is 24.0 Å². The number of nitrogens with one attached hydrogen (secondary N) is 2. The molecule has 2 atom stereocenters. The molecule has 2 unspecified atom stereocenters. The Balaban J connectivity index is 0.00000312. The Morgan fingerprint density at radius 1 is 1.32 bits per heavy atom. The molecule has 0 bridgehead atoms. The van der Waals surface area contributed by atoms with Gasteiger partial charge in [0, 0.05) is 31.9 Å². The van der Waals surface area contributed by atoms with E-state index in [1.165, 1.54) is 25.7 Å². The molecule has 0 amide bonds. The monoisotopic (exact) mass is 490 g/mol. The molecule has 25 heavy (non-hydrogen) atoms. The van der Waals surface area contributed by atoms with Gasteiger partial charge in [-0.2, -0.15) is 13.2 Å². The molecule has 1 aromatic heterocycles. The van der Waals surface area contributed by atoms with Gasteiger partial charge in [0.25, 0.3) is 0 Å². The van der Waals surface area contributed by atoms with E-state index >= 15 is 0 Å². The van der Waals surface area contributed by atoms with Crippen LogP contribution in [0.1, 0.15) is 43.3 Å². The Kier molecular flexibility index (Phi) is 9.47. The molecule has 144 valence electrons. The van der Waals surface area contributed by atoms with Crippen LogP contribution in [0.5, 0.6) is 0 Å². The van der Waals surface area contributed by atoms with Gasteiger partial charge in [-0.15, -0.1) is 35.3 Å². The number of rotatable bonds is 5. The summed E-state index contributed by atoms with van der Waals surface area (Å²) < 4.78 is 37.5. The number of hydrogen-bond acceptors (Lipinski definition) is 3. The van der Waals surface area contributed by atoms with Gasteiger partial charge in [0.05, 0.1) is 5.01 Å². The van der Waals surface area contributed by atoms with Crippen molar-refractivity contribution in [2.24, 2.45) is 16.8 Å². The zero-order chi connectivity index (χ0) is 17.6. The predicted molar refractivity (Wildman–Crippen MR) is 107 cm³/mol. The summed E-state index contributed by atoms with van der Waals surface area (Å²) in [5.41, 5.74) is -0.809. The molecule has 1 aromatic rings. The molecule has 0 spiro atoms. The SMILES string of the molecule is CN=C(NCCc1nc(C(F)(F)F)cs1)NCC1CCCCC1C.I. The van der Waals surface area contributed by atoms with E-state index in [2.05, 4.69) is 27.5 Å². The van der Waals surface area contributed by atoms with Crippen molar-refractivity contribution in [2.45, 2.75) is 45.2 Å². The number of alkyl halides is 3. The molecule has 1 aliphatic rings. The Hall–Kier alpha value is -0.580. The molecule has 0 radical (unpaired) electrons. The maximum absolute atomic E-state index is 12.5. The van der Waals surface area contributed by atoms with E-state index in [1.807, 2.05) is 0 Å². The minimum Gasteiger partial charge on any atom is -0.356 e. The van der Waals surface area contributed by atoms with E-state index in [0.29, 0.717) is 29.9 Å². The third-order valence-electron chi connectivity index (χ3n) is 4.52. The maximum Gasteiger partial charge on any atom is 0.434 e. The Bertz CT molecular complexity index is 548. The lowest BCUT2D eigenvalue weighted by Crippen LogP contribution is -2.42. The van der Waals surface area contributed by atoms with Crippen LogP contribution in [-0.2, 0) is 12.6 Å². The molecule has 9 heteroatoms. The highest BCUT2D eigenvalue weighted by molar-refractivity contribution is 14.0. The first kappa shape index (κ1) is 22.5. The predicted octanol–water partition coefficient (Wildman–Crippen LogP) is 4.31. The molecule has 1 fully saturated rings. The van der Waals surface area contributed by atoms with Gasteiger partial charge in [0.1, 0.15) is 0 Å². The quantitative estimate of drug-likeness (QED) is 0.368. The molecule has 1 aliphatic carbocycles. The van der Waals surface area contributed by atoms with Crippen LogP contribution in [0, 0.1) is 11.8 Å². The molecule has 2 N–H and O–H groups in total. The lowest BCUT2D eigenvalue weighted by Gasteiger charge is -2.29. The number of nitrogens with zero attached hydrogens (tertiary/aromatic N) is 2. The van der Waals surface area contributed by atoms with Crippen molar-refractivity contribution in [3.05, 3.63) is 16.1 Å². The number of halogens is 4. The lowest BCUT2D eigenvalue weighted by molar-refractivity contribution is -0.140. The van der Waals surface area contributed by atoms with E-state index in [9.17, 15) is 13.2 Å². The smallest absolute Gasteiger partial charge is 0.356 e. The molecule has 4 nitrogen and oxygen atoms in total. The summed E-state index contributed by atoms with van der Waals surface area (Å²) in [4.78, 5) is 7.80. The summed E-state index contributed by atoms with van der Waals surface area (Å²) in [5, 5.41) is 8.01. The van der Waals surface area contributed by atoms with Gasteiger partial charge >= 0.3 is 6.18 Å². The van der Waals surface area contributed by atoms with Crippen molar-refractivity contribution in [3.8, 4) is 0 Å². The Morgan fingerprint density at radius 2 is 2.04 bits per heavy atom. The average molecular weight is 490 g/mol. The zero-order valence-corrected chi connectivity index (χ0v) is 17.7. The Morgan fingerprint density at radius 3 is 2.64 bits per heavy atom. The molecular weight excluding hydrogens is 464 g/mol. The van der Waals surface area contributed by atoms with E-state index in [0.717, 1.165) is 29.2 Å². The first-order valence-corrected chi connectivity index (χ1v) is 9.24. The minimum atomic E-state index is -4.36. The number of thiazole rings is 1. The van der Waals surface area contributed by atoms with Crippen LogP contribution in [-0.4, -0.2) is 31.1 Å². The molecule has 1 heterocycles. The summed E-state index contributed by atoms with van der Waals surface area (Å²) >= 11 is 1.04. The van der Waals surface area contributed by atoms with Gasteiger partial charge < -0.3 is 10.6 Å². The van der Waals surface area contributed by atoms with Gasteiger partial charge in [-0.1, -0.05) is 26.2 Å². The molecular formula is C16H26F3IN4S. The number of aromatic nitrogens is 1. The van der Waals surface area contributed by atoms with Crippen LogP contribution >= 0.6 is 35.3 Å². The standard InChI is InChI=1S/C16H25F3N4S.HI/c1-11-5-3-4-6-12(11)9-22-15(20-2)21-8-7-14-23-13(10-24-14)16(17,18)19;/h10-12H,3-9H2,1-2H3,(H2,20,21,22);1H. The fraction of sp³-hybridized carbons (Fsp3) is 0.750. The number of hydrogen-bond donors (Lipinski definition) is 2. The second-order valence-corrected chi connectivity index (χ2v) is 7.22. The van der Waals surface area contributed by atoms with Crippen LogP contribution in [0.25, 0.3) is 0 Å². The lowest BCUT2D eigenvalue weighted by atomic mass is 9.80. The van der Waals surface area contributed by atoms with Crippen molar-refractivity contribution in [2.75, 3.05) is 20.1 Å². The van der Waals surface area contributed by atoms with Gasteiger partial charge in [-0.25, -0.2) is 4.98 Å². The fourth-order valence-corrected chi connectivity index (χ4v) is 3.79. The highest BCUT2D eigenvalue weighted by Crippen LogP contribution is 2.30. The fourth-order valence-electron chi connectivity index (χ4n) is 2.99. The largest absolute Gasteiger partial charge is 0.434 e. The van der Waals surface area contributed by atoms with E-state index < -0.39 is 11.9 Å². The zero-order valence-electron chi connectivity index (χ0n) is 14.5. The first-order valence-electron chi connectivity index (χ1n) is 8.36. The van der Waals surface area contributed by atoms with E-state index in [1.54, 1.807) is 7.05 Å². The normalized spacial score (nSPS) is 21.6. The van der Waals surface area contributed by atoms with Gasteiger partial charge in [0.15, 0.2) is 11.7 Å². The molecule has 2 rings (SSSR count). The van der Waals surface area contributed by atoms with Crippen molar-refractivity contribution >= 4 is 41.3 Å². The van der Waals surface area contributed by atoms with Crippen LogP contribution in [0.15, 0.2) is 10.4 Å². The van der Waals surface area contributed by atoms with Gasteiger partial charge in [-0.05, 0) is 18.3 Å². The first-order chi connectivity index (χ1) is 11.4. The van der Waals surface area contributed by atoms with Crippen LogP contribution in [0.2, 0.25) is 0 Å². The summed E-state index contributed by atoms with van der Waals surface area (Å²) in [6.07, 6.45) is 1.21. The summed E-state index contributed by atoms with van der Waals surface area (Å²) in [6, 6.07) is 0. The number of guanidine groups is 1. The second-order valence-electron chi connectivity index (χ2n) is 6.28. The van der Waals surface area contributed by atoms with Crippen LogP contribution < -0.4 is 10.6 Å². The van der Waals surface area contributed by atoms with Crippen molar-refractivity contribution in [1.82, 2.24) is 15.6 Å². The van der Waals surface area contributed by atoms with Gasteiger partial charge in [0.2, 0.25) is 0 Å². The van der Waals surface area contributed by atoms with Gasteiger partial charge in [-0.3, -0.25) is 4.99 Å². The Labute approximate surface area is 168 Å². The van der Waals surface area contributed by atoms with Crippen molar-refractivity contribution in [3.63, 3.8) is 0 Å². The third kappa shape index (κ3) is 7.28. The molecule has 0 aromatic carbocycles. The van der Waals surface area contributed by atoms with Crippen molar-refractivity contribution < 1.29 is 13.2 Å². The molecule has 0 saturated heterocycles. The summed E-state index contributed by atoms with van der Waals surface area (Å²) in [5.74, 6) is 2.08. The summed E-state index contributed by atoms with van der Waals surface area (Å²) in [7, 11) is 1.70. The second kappa shape index (κ2) is 10.5. The molecule has 0 aliphatic heterocycles.